The van der Waals surface area contributed by atoms with Crippen molar-refractivity contribution < 1.29 is 14.9 Å². The van der Waals surface area contributed by atoms with Gasteiger partial charge in [-0.25, -0.2) is 0 Å². The average Bonchev–Trinajstić information content (AvgIpc) is 2.52. The van der Waals surface area contributed by atoms with E-state index in [0.29, 0.717) is 11.2 Å². The first-order valence-electron chi connectivity index (χ1n) is 6.97. The minimum absolute atomic E-state index is 0.249. The molecule has 0 unspecified atom stereocenters. The summed E-state index contributed by atoms with van der Waals surface area (Å²) in [7, 11) is 0. The average molecular weight is 314 g/mol. The Morgan fingerprint density at radius 1 is 1.20 bits per heavy atom. The smallest absolute Gasteiger partial charge is 0.103 e. The Morgan fingerprint density at radius 2 is 1.90 bits per heavy atom. The molecule has 0 radical (unpaired) electrons. The molecular weight excluding hydrogens is 292 g/mol. The zero-order valence-electron chi connectivity index (χ0n) is 11.5. The van der Waals surface area contributed by atoms with Gasteiger partial charge in [0, 0.05) is 0 Å². The lowest BCUT2D eigenvalue weighted by Crippen LogP contribution is -2.34. The minimum atomic E-state index is -0.804. The third-order valence-electron chi connectivity index (χ3n) is 3.24. The van der Waals surface area contributed by atoms with Crippen LogP contribution in [-0.2, 0) is 11.3 Å². The van der Waals surface area contributed by atoms with E-state index >= 15 is 0 Å². The van der Waals surface area contributed by atoms with Crippen LogP contribution in [0.5, 0.6) is 0 Å². The molecule has 3 nitrogen and oxygen atoms in total. The molecule has 1 aliphatic heterocycles. The summed E-state index contributed by atoms with van der Waals surface area (Å²) < 4.78 is 6.31. The lowest BCUT2D eigenvalue weighted by Gasteiger charge is -2.28. The van der Waals surface area contributed by atoms with Crippen molar-refractivity contribution in [3.8, 4) is 0 Å². The molecule has 0 saturated carbocycles. The second-order valence-electron chi connectivity index (χ2n) is 4.85. The lowest BCUT2D eigenvalue weighted by molar-refractivity contribution is -0.0663. The van der Waals surface area contributed by atoms with Gasteiger partial charge in [0.15, 0.2) is 0 Å². The highest BCUT2D eigenvalue weighted by atomic mass is 32.2. The maximum absolute atomic E-state index is 9.93. The van der Waals surface area contributed by atoms with E-state index in [1.807, 2.05) is 53.9 Å². The highest BCUT2D eigenvalue weighted by Crippen LogP contribution is 2.34. The molecule has 20 heavy (non-hydrogen) atoms. The van der Waals surface area contributed by atoms with Gasteiger partial charge in [-0.3, -0.25) is 0 Å². The maximum Gasteiger partial charge on any atom is 0.103 e. The van der Waals surface area contributed by atoms with E-state index in [1.165, 1.54) is 17.9 Å². The van der Waals surface area contributed by atoms with Gasteiger partial charge < -0.3 is 14.9 Å². The summed E-state index contributed by atoms with van der Waals surface area (Å²) in [5, 5.41) is 19.1. The van der Waals surface area contributed by atoms with Crippen LogP contribution in [0.4, 0.5) is 0 Å². The van der Waals surface area contributed by atoms with Gasteiger partial charge in [0.2, 0.25) is 0 Å². The number of hydrogen-bond acceptors (Lipinski definition) is 5. The van der Waals surface area contributed by atoms with Crippen molar-refractivity contribution >= 4 is 23.5 Å². The minimum Gasteiger partial charge on any atom is -0.394 e. The van der Waals surface area contributed by atoms with Gasteiger partial charge in [-0.2, -0.15) is 0 Å². The number of ether oxygens (including phenoxy) is 1. The zero-order valence-corrected chi connectivity index (χ0v) is 13.1. The van der Waals surface area contributed by atoms with Crippen LogP contribution in [0, 0.1) is 0 Å². The Hall–Kier alpha value is -0.200. The Kier molecular flexibility index (Phi) is 7.24. The van der Waals surface area contributed by atoms with Gasteiger partial charge in [0.25, 0.3) is 0 Å². The number of aliphatic hydroxyl groups excluding tert-OH is 2. The molecule has 0 aromatic heterocycles. The number of hydrogen-bond donors (Lipinski definition) is 2. The van der Waals surface area contributed by atoms with E-state index in [1.54, 1.807) is 0 Å². The van der Waals surface area contributed by atoms with Crippen molar-refractivity contribution in [3.05, 3.63) is 35.9 Å². The SMILES string of the molecule is OC[C@@H](O)[C@H](CC1SCCCS1)OCc1ccccc1. The van der Waals surface area contributed by atoms with Crippen LogP contribution >= 0.6 is 23.5 Å². The van der Waals surface area contributed by atoms with Crippen LogP contribution < -0.4 is 0 Å². The molecular formula is C15H22O3S2. The van der Waals surface area contributed by atoms with Gasteiger partial charge in [-0.15, -0.1) is 23.5 Å². The molecule has 0 bridgehead atoms. The Bertz CT molecular complexity index is 369. The fraction of sp³-hybridized carbons (Fsp3) is 0.600. The van der Waals surface area contributed by atoms with Crippen molar-refractivity contribution in [2.75, 3.05) is 18.1 Å². The van der Waals surface area contributed by atoms with Gasteiger partial charge in [0.05, 0.1) is 23.9 Å². The molecule has 112 valence electrons. The summed E-state index contributed by atoms with van der Waals surface area (Å²) in [6, 6.07) is 9.93. The predicted molar refractivity (Wildman–Crippen MR) is 86.0 cm³/mol. The van der Waals surface area contributed by atoms with Crippen LogP contribution in [0.25, 0.3) is 0 Å². The predicted octanol–water partition coefficient (Wildman–Crippen LogP) is 2.51. The summed E-state index contributed by atoms with van der Waals surface area (Å²) in [6.07, 6.45) is 0.929. The molecule has 2 N–H and O–H groups in total. The van der Waals surface area contributed by atoms with Gasteiger partial charge >= 0.3 is 0 Å². The quantitative estimate of drug-likeness (QED) is 0.810. The van der Waals surface area contributed by atoms with Crippen molar-refractivity contribution in [1.82, 2.24) is 0 Å². The van der Waals surface area contributed by atoms with Crippen molar-refractivity contribution in [1.29, 1.82) is 0 Å². The second-order valence-corrected chi connectivity index (χ2v) is 7.77. The van der Waals surface area contributed by atoms with Gasteiger partial charge in [-0.05, 0) is 29.9 Å². The first kappa shape index (κ1) is 16.2. The molecule has 5 heteroatoms. The zero-order chi connectivity index (χ0) is 14.2. The normalized spacial score (nSPS) is 19.7. The molecule has 0 aliphatic carbocycles. The van der Waals surface area contributed by atoms with Crippen molar-refractivity contribution in [2.45, 2.75) is 36.2 Å². The fourth-order valence-electron chi connectivity index (χ4n) is 2.09. The van der Waals surface area contributed by atoms with E-state index in [0.717, 1.165) is 12.0 Å². The summed E-state index contributed by atoms with van der Waals surface area (Å²) in [4.78, 5) is 0. The number of rotatable bonds is 7. The molecule has 1 aromatic carbocycles. The Balaban J connectivity index is 1.86. The van der Waals surface area contributed by atoms with E-state index in [2.05, 4.69) is 0 Å². The molecule has 2 rings (SSSR count). The molecule has 1 saturated heterocycles. The monoisotopic (exact) mass is 314 g/mol. The van der Waals surface area contributed by atoms with Gasteiger partial charge in [-0.1, -0.05) is 30.3 Å². The van der Waals surface area contributed by atoms with Crippen LogP contribution in [-0.4, -0.2) is 45.1 Å². The van der Waals surface area contributed by atoms with Crippen molar-refractivity contribution in [3.63, 3.8) is 0 Å². The number of thioether (sulfide) groups is 2. The summed E-state index contributed by atoms with van der Waals surface area (Å²) in [5.41, 5.74) is 1.09. The highest BCUT2D eigenvalue weighted by molar-refractivity contribution is 8.17. The van der Waals surface area contributed by atoms with Crippen LogP contribution in [0.1, 0.15) is 18.4 Å². The first-order chi connectivity index (χ1) is 9.79. The maximum atomic E-state index is 9.93. The third-order valence-corrected chi connectivity index (χ3v) is 6.24. The van der Waals surface area contributed by atoms with Gasteiger partial charge in [0.1, 0.15) is 6.10 Å². The Morgan fingerprint density at radius 3 is 2.55 bits per heavy atom. The Labute approximate surface area is 129 Å². The molecule has 0 spiro atoms. The fourth-order valence-corrected chi connectivity index (χ4v) is 5.04. The molecule has 0 amide bonds. The molecule has 1 aliphatic rings. The summed E-state index contributed by atoms with van der Waals surface area (Å²) in [5.74, 6) is 2.36. The van der Waals surface area contributed by atoms with E-state index in [9.17, 15) is 10.2 Å². The third kappa shape index (κ3) is 5.30. The highest BCUT2D eigenvalue weighted by Gasteiger charge is 2.25. The summed E-state index contributed by atoms with van der Waals surface area (Å²) in [6.45, 7) is 0.228. The molecule has 1 aromatic rings. The molecule has 1 fully saturated rings. The van der Waals surface area contributed by atoms with E-state index in [-0.39, 0.29) is 12.7 Å². The van der Waals surface area contributed by atoms with Crippen molar-refractivity contribution in [2.24, 2.45) is 0 Å². The van der Waals surface area contributed by atoms with E-state index < -0.39 is 6.10 Å². The van der Waals surface area contributed by atoms with Crippen LogP contribution in [0.15, 0.2) is 30.3 Å². The largest absolute Gasteiger partial charge is 0.394 e. The van der Waals surface area contributed by atoms with Crippen LogP contribution in [0.3, 0.4) is 0 Å². The number of aliphatic hydroxyl groups is 2. The summed E-state index contributed by atoms with van der Waals surface area (Å²) >= 11 is 3.86. The topological polar surface area (TPSA) is 49.7 Å². The number of benzene rings is 1. The van der Waals surface area contributed by atoms with E-state index in [4.69, 9.17) is 4.74 Å². The van der Waals surface area contributed by atoms with Crippen LogP contribution in [0.2, 0.25) is 0 Å². The molecule has 2 atom stereocenters. The molecule has 1 heterocycles. The second kappa shape index (κ2) is 8.95. The first-order valence-corrected chi connectivity index (χ1v) is 9.07. The standard InChI is InChI=1S/C15H22O3S2/c16-10-13(17)14(9-15-19-7-4-8-20-15)18-11-12-5-2-1-3-6-12/h1-3,5-6,13-17H,4,7-11H2/t13-,14+/m1/s1. The lowest BCUT2D eigenvalue weighted by atomic mass is 10.1.